The molecule has 0 aliphatic heterocycles. The fourth-order valence-corrected chi connectivity index (χ4v) is 1.48. The maximum Gasteiger partial charge on any atom is 0.252 e. The number of carbonyl (C=O) groups is 1. The van der Waals surface area contributed by atoms with Crippen LogP contribution in [0.25, 0.3) is 0 Å². The lowest BCUT2D eigenvalue weighted by Gasteiger charge is -2.09. The van der Waals surface area contributed by atoms with E-state index >= 15 is 0 Å². The number of nitrogens with one attached hydrogen (secondary N) is 1. The zero-order chi connectivity index (χ0) is 10.7. The van der Waals surface area contributed by atoms with Gasteiger partial charge in [-0.25, -0.2) is 0 Å². The first kappa shape index (κ1) is 11.0. The molecule has 0 aliphatic rings. The summed E-state index contributed by atoms with van der Waals surface area (Å²) in [6.45, 7) is 3.83. The molecular weight excluding hydrogens is 244 g/mol. The van der Waals surface area contributed by atoms with E-state index in [1.54, 1.807) is 18.2 Å². The summed E-state index contributed by atoms with van der Waals surface area (Å²) in [5.74, 6) is -0.112. The van der Waals surface area contributed by atoms with Crippen LogP contribution in [0.2, 0.25) is 0 Å². The highest BCUT2D eigenvalue weighted by Gasteiger charge is 2.10. The fourth-order valence-electron chi connectivity index (χ4n) is 1.06. The van der Waals surface area contributed by atoms with Crippen LogP contribution in [0.3, 0.4) is 0 Å². The number of rotatable bonds is 2. The summed E-state index contributed by atoms with van der Waals surface area (Å²) < 4.78 is 0.754. The number of nitrogens with two attached hydrogens (primary N) is 1. The largest absolute Gasteiger partial charge is 0.399 e. The van der Waals surface area contributed by atoms with E-state index in [1.165, 1.54) is 0 Å². The van der Waals surface area contributed by atoms with Crippen molar-refractivity contribution in [2.75, 3.05) is 5.73 Å². The molecular formula is C10H13BrN2O. The monoisotopic (exact) mass is 256 g/mol. The zero-order valence-electron chi connectivity index (χ0n) is 8.17. The summed E-state index contributed by atoms with van der Waals surface area (Å²) in [4.78, 5) is 11.6. The predicted molar refractivity (Wildman–Crippen MR) is 61.2 cm³/mol. The molecule has 1 amide bonds. The number of amides is 1. The number of carbonyl (C=O) groups excluding carboxylic acids is 1. The second-order valence-corrected chi connectivity index (χ2v) is 4.22. The molecule has 0 radical (unpaired) electrons. The van der Waals surface area contributed by atoms with Crippen molar-refractivity contribution in [1.82, 2.24) is 5.32 Å². The van der Waals surface area contributed by atoms with Crippen molar-refractivity contribution >= 4 is 27.5 Å². The highest BCUT2D eigenvalue weighted by atomic mass is 79.9. The molecule has 0 spiro atoms. The van der Waals surface area contributed by atoms with E-state index < -0.39 is 0 Å². The minimum atomic E-state index is -0.112. The molecule has 3 N–H and O–H groups in total. The molecule has 0 unspecified atom stereocenters. The third-order valence-electron chi connectivity index (χ3n) is 1.65. The van der Waals surface area contributed by atoms with Gasteiger partial charge in [0.15, 0.2) is 0 Å². The van der Waals surface area contributed by atoms with Crippen molar-refractivity contribution in [3.63, 3.8) is 0 Å². The molecule has 0 bridgehead atoms. The van der Waals surface area contributed by atoms with Gasteiger partial charge >= 0.3 is 0 Å². The van der Waals surface area contributed by atoms with Crippen molar-refractivity contribution in [1.29, 1.82) is 0 Å². The molecule has 1 aromatic rings. The van der Waals surface area contributed by atoms with Crippen LogP contribution in [0.1, 0.15) is 24.2 Å². The molecule has 14 heavy (non-hydrogen) atoms. The standard InChI is InChI=1S/C10H13BrN2O/c1-6(2)13-10(14)8-5-7(12)3-4-9(8)11/h3-6H,12H2,1-2H3,(H,13,14). The Morgan fingerprint density at radius 1 is 1.50 bits per heavy atom. The highest BCUT2D eigenvalue weighted by molar-refractivity contribution is 9.10. The number of hydrogen-bond acceptors (Lipinski definition) is 2. The topological polar surface area (TPSA) is 55.1 Å². The fraction of sp³-hybridized carbons (Fsp3) is 0.300. The van der Waals surface area contributed by atoms with Crippen LogP contribution in [0.4, 0.5) is 5.69 Å². The lowest BCUT2D eigenvalue weighted by Crippen LogP contribution is -2.30. The molecule has 0 aliphatic carbocycles. The van der Waals surface area contributed by atoms with Gasteiger partial charge in [0.05, 0.1) is 5.56 Å². The van der Waals surface area contributed by atoms with E-state index in [2.05, 4.69) is 21.2 Å². The molecule has 3 nitrogen and oxygen atoms in total. The SMILES string of the molecule is CC(C)NC(=O)c1cc(N)ccc1Br. The Balaban J connectivity index is 2.94. The lowest BCUT2D eigenvalue weighted by molar-refractivity contribution is 0.0942. The number of nitrogen functional groups attached to an aromatic ring is 1. The van der Waals surface area contributed by atoms with E-state index in [0.717, 1.165) is 4.47 Å². The van der Waals surface area contributed by atoms with Crippen LogP contribution in [-0.4, -0.2) is 11.9 Å². The van der Waals surface area contributed by atoms with Gasteiger partial charge < -0.3 is 11.1 Å². The van der Waals surface area contributed by atoms with E-state index in [9.17, 15) is 4.79 Å². The Morgan fingerprint density at radius 2 is 2.14 bits per heavy atom. The van der Waals surface area contributed by atoms with Crippen molar-refractivity contribution in [3.05, 3.63) is 28.2 Å². The van der Waals surface area contributed by atoms with Gasteiger partial charge in [-0.05, 0) is 48.0 Å². The number of benzene rings is 1. The first-order valence-corrected chi connectivity index (χ1v) is 5.16. The number of hydrogen-bond donors (Lipinski definition) is 2. The normalized spacial score (nSPS) is 10.3. The molecule has 0 aromatic heterocycles. The van der Waals surface area contributed by atoms with Gasteiger partial charge in [0, 0.05) is 16.2 Å². The summed E-state index contributed by atoms with van der Waals surface area (Å²) in [5.41, 5.74) is 6.75. The minimum Gasteiger partial charge on any atom is -0.399 e. The van der Waals surface area contributed by atoms with Gasteiger partial charge in [0.25, 0.3) is 5.91 Å². The summed E-state index contributed by atoms with van der Waals surface area (Å²) >= 11 is 3.30. The Kier molecular flexibility index (Phi) is 3.52. The summed E-state index contributed by atoms with van der Waals surface area (Å²) in [5, 5.41) is 2.80. The second-order valence-electron chi connectivity index (χ2n) is 3.37. The quantitative estimate of drug-likeness (QED) is 0.798. The molecule has 0 heterocycles. The van der Waals surface area contributed by atoms with E-state index in [-0.39, 0.29) is 11.9 Å². The third-order valence-corrected chi connectivity index (χ3v) is 2.35. The number of halogens is 1. The number of anilines is 1. The summed E-state index contributed by atoms with van der Waals surface area (Å²) in [7, 11) is 0. The average molecular weight is 257 g/mol. The molecule has 0 fully saturated rings. The summed E-state index contributed by atoms with van der Waals surface area (Å²) in [6.07, 6.45) is 0. The van der Waals surface area contributed by atoms with Gasteiger partial charge in [-0.3, -0.25) is 4.79 Å². The van der Waals surface area contributed by atoms with E-state index in [0.29, 0.717) is 11.3 Å². The van der Waals surface area contributed by atoms with Crippen LogP contribution in [0.5, 0.6) is 0 Å². The van der Waals surface area contributed by atoms with Gasteiger partial charge in [-0.15, -0.1) is 0 Å². The van der Waals surface area contributed by atoms with E-state index in [4.69, 9.17) is 5.73 Å². The van der Waals surface area contributed by atoms with Crippen LogP contribution in [0, 0.1) is 0 Å². The van der Waals surface area contributed by atoms with Crippen LogP contribution >= 0.6 is 15.9 Å². The smallest absolute Gasteiger partial charge is 0.252 e. The molecule has 4 heteroatoms. The minimum absolute atomic E-state index is 0.112. The third kappa shape index (κ3) is 2.73. The van der Waals surface area contributed by atoms with Crippen molar-refractivity contribution < 1.29 is 4.79 Å². The van der Waals surface area contributed by atoms with Gasteiger partial charge in [0.2, 0.25) is 0 Å². The molecule has 0 saturated carbocycles. The zero-order valence-corrected chi connectivity index (χ0v) is 9.76. The van der Waals surface area contributed by atoms with Gasteiger partial charge in [-0.1, -0.05) is 0 Å². The first-order chi connectivity index (χ1) is 6.50. The molecule has 1 rings (SSSR count). The van der Waals surface area contributed by atoms with Crippen molar-refractivity contribution in [2.45, 2.75) is 19.9 Å². The Bertz CT molecular complexity index is 350. The Hall–Kier alpha value is -1.03. The maximum absolute atomic E-state index is 11.6. The van der Waals surface area contributed by atoms with Crippen molar-refractivity contribution in [2.24, 2.45) is 0 Å². The van der Waals surface area contributed by atoms with Gasteiger partial charge in [0.1, 0.15) is 0 Å². The second kappa shape index (κ2) is 4.46. The Labute approximate surface area is 91.8 Å². The summed E-state index contributed by atoms with van der Waals surface area (Å²) in [6, 6.07) is 5.29. The maximum atomic E-state index is 11.6. The molecule has 1 aromatic carbocycles. The van der Waals surface area contributed by atoms with Gasteiger partial charge in [-0.2, -0.15) is 0 Å². The van der Waals surface area contributed by atoms with Crippen LogP contribution in [0.15, 0.2) is 22.7 Å². The highest BCUT2D eigenvalue weighted by Crippen LogP contribution is 2.19. The first-order valence-electron chi connectivity index (χ1n) is 4.36. The predicted octanol–water partition coefficient (Wildman–Crippen LogP) is 2.17. The van der Waals surface area contributed by atoms with Crippen LogP contribution < -0.4 is 11.1 Å². The molecule has 0 saturated heterocycles. The van der Waals surface area contributed by atoms with E-state index in [1.807, 2.05) is 13.8 Å². The average Bonchev–Trinajstić information content (AvgIpc) is 2.08. The Morgan fingerprint density at radius 3 is 2.71 bits per heavy atom. The van der Waals surface area contributed by atoms with Crippen molar-refractivity contribution in [3.8, 4) is 0 Å². The van der Waals surface area contributed by atoms with Crippen LogP contribution in [-0.2, 0) is 0 Å². The lowest BCUT2D eigenvalue weighted by atomic mass is 10.2. The molecule has 76 valence electrons. The molecule has 0 atom stereocenters.